The Morgan fingerprint density at radius 3 is 2.38 bits per heavy atom. The summed E-state index contributed by atoms with van der Waals surface area (Å²) in [6, 6.07) is 14.1. The first-order valence-corrected chi connectivity index (χ1v) is 17.3. The maximum atomic E-state index is 15.0. The summed E-state index contributed by atoms with van der Waals surface area (Å²) in [5.41, 5.74) is 5.32. The molecule has 12 heteroatoms. The first kappa shape index (κ1) is 32.4. The number of aromatic nitrogens is 4. The number of sulfonamides is 1. The van der Waals surface area contributed by atoms with Crippen LogP contribution in [-0.4, -0.2) is 63.0 Å². The van der Waals surface area contributed by atoms with Crippen LogP contribution in [0, 0.1) is 5.82 Å². The third-order valence-electron chi connectivity index (χ3n) is 8.80. The Morgan fingerprint density at radius 1 is 1.02 bits per heavy atom. The number of carbonyl (C=O) groups excluding carboxylic acids is 1. The molecule has 0 saturated carbocycles. The highest BCUT2D eigenvalue weighted by molar-refractivity contribution is 7.88. The van der Waals surface area contributed by atoms with Crippen LogP contribution in [0.3, 0.4) is 0 Å². The zero-order valence-corrected chi connectivity index (χ0v) is 27.5. The van der Waals surface area contributed by atoms with Crippen LogP contribution in [0.1, 0.15) is 66.6 Å². The molecule has 4 aromatic heterocycles. The minimum atomic E-state index is -3.18. The monoisotopic (exact) mass is 656 g/mol. The normalized spacial score (nSPS) is 14.9. The summed E-state index contributed by atoms with van der Waals surface area (Å²) in [7, 11) is -3.18. The third-order valence-corrected chi connectivity index (χ3v) is 10.1. The van der Waals surface area contributed by atoms with Crippen LogP contribution in [0.15, 0.2) is 67.1 Å². The molecule has 0 bridgehead atoms. The van der Waals surface area contributed by atoms with E-state index in [1.54, 1.807) is 18.3 Å². The molecule has 5 aromatic rings. The van der Waals surface area contributed by atoms with Crippen molar-refractivity contribution in [1.82, 2.24) is 24.2 Å². The zero-order chi connectivity index (χ0) is 33.5. The summed E-state index contributed by atoms with van der Waals surface area (Å²) in [5.74, 6) is -0.925. The Kier molecular flexibility index (Phi) is 8.68. The summed E-state index contributed by atoms with van der Waals surface area (Å²) >= 11 is 0. The minimum absolute atomic E-state index is 0.117. The van der Waals surface area contributed by atoms with Crippen LogP contribution >= 0.6 is 0 Å². The number of fused-ring (bicyclic) bond motifs is 1. The highest BCUT2D eigenvalue weighted by atomic mass is 32.2. The number of halogens is 1. The molecule has 1 aromatic carbocycles. The summed E-state index contributed by atoms with van der Waals surface area (Å²) in [4.78, 5) is 30.0. The molecule has 0 spiro atoms. The van der Waals surface area contributed by atoms with Gasteiger partial charge in [0.1, 0.15) is 17.3 Å². The number of hydrogen-bond acceptors (Lipinski definition) is 7. The Balaban J connectivity index is 1.26. The Bertz CT molecular complexity index is 2060. The Hall–Kier alpha value is -4.52. The number of H-pyrrole nitrogens is 1. The van der Waals surface area contributed by atoms with Crippen LogP contribution in [0.2, 0.25) is 0 Å². The number of pyridine rings is 3. The number of aliphatic hydroxyl groups is 1. The predicted octanol–water partition coefficient (Wildman–Crippen LogP) is 6.01. The lowest BCUT2D eigenvalue weighted by Crippen LogP contribution is -2.37. The van der Waals surface area contributed by atoms with E-state index in [2.05, 4.69) is 20.3 Å². The second kappa shape index (κ2) is 12.6. The number of nitrogens with zero attached hydrogens (tertiary/aromatic N) is 4. The average molecular weight is 657 g/mol. The molecule has 244 valence electrons. The van der Waals surface area contributed by atoms with E-state index in [0.717, 1.165) is 46.3 Å². The van der Waals surface area contributed by atoms with Crippen molar-refractivity contribution in [3.8, 4) is 22.5 Å². The number of aliphatic hydroxyl groups excluding tert-OH is 1. The van der Waals surface area contributed by atoms with Gasteiger partial charge in [-0.3, -0.25) is 9.78 Å². The molecule has 1 fully saturated rings. The molecule has 1 aliphatic heterocycles. The van der Waals surface area contributed by atoms with Crippen molar-refractivity contribution in [3.05, 3.63) is 95.2 Å². The van der Waals surface area contributed by atoms with Gasteiger partial charge in [0, 0.05) is 42.6 Å². The van der Waals surface area contributed by atoms with E-state index in [4.69, 9.17) is 4.98 Å². The zero-order valence-electron chi connectivity index (χ0n) is 26.7. The van der Waals surface area contributed by atoms with Crippen LogP contribution in [0.5, 0.6) is 0 Å². The molecule has 0 aliphatic carbocycles. The molecule has 6 rings (SSSR count). The van der Waals surface area contributed by atoms with Crippen LogP contribution in [-0.2, 0) is 22.0 Å². The van der Waals surface area contributed by atoms with Crippen LogP contribution in [0.25, 0.3) is 33.5 Å². The Labute approximate surface area is 273 Å². The van der Waals surface area contributed by atoms with E-state index >= 15 is 0 Å². The van der Waals surface area contributed by atoms with E-state index in [1.807, 2.05) is 51.2 Å². The standard InChI is InChI=1S/C35H37FN6O4S/c1-35(2,3)23-6-7-26(29(36)17-23)34(44)41-33-28(20-43)25(10-14-38-33)24-9-13-37-32-27(24)18-31(40-32)30-8-5-22(19-39-30)21-11-15-42(16-12-21)47(4,45)46/h5-10,13-14,17-19,21,43H,11-12,15-16,20H2,1-4H3,(H,37,40)(H,38,41,44). The lowest BCUT2D eigenvalue weighted by molar-refractivity contribution is 0.102. The van der Waals surface area contributed by atoms with Gasteiger partial charge < -0.3 is 15.4 Å². The fourth-order valence-electron chi connectivity index (χ4n) is 6.08. The van der Waals surface area contributed by atoms with Gasteiger partial charge in [0.15, 0.2) is 0 Å². The van der Waals surface area contributed by atoms with E-state index < -0.39 is 28.4 Å². The number of carbonyl (C=O) groups is 1. The summed E-state index contributed by atoms with van der Waals surface area (Å²) < 4.78 is 40.2. The van der Waals surface area contributed by atoms with Gasteiger partial charge >= 0.3 is 0 Å². The van der Waals surface area contributed by atoms with Crippen molar-refractivity contribution in [1.29, 1.82) is 0 Å². The number of aromatic amines is 1. The molecule has 1 amide bonds. The third kappa shape index (κ3) is 6.67. The fraction of sp³-hybridized carbons (Fsp3) is 0.314. The number of anilines is 1. The van der Waals surface area contributed by atoms with Crippen molar-refractivity contribution in [2.45, 2.75) is 51.6 Å². The van der Waals surface area contributed by atoms with Gasteiger partial charge in [-0.1, -0.05) is 32.9 Å². The quantitative estimate of drug-likeness (QED) is 0.195. The van der Waals surface area contributed by atoms with Crippen LogP contribution in [0.4, 0.5) is 10.2 Å². The molecule has 1 aliphatic rings. The second-order valence-electron chi connectivity index (χ2n) is 13.0. The SMILES string of the molecule is CC(C)(C)c1ccc(C(=O)Nc2nccc(-c3ccnc4[nH]c(-c5ccc(C6CCN(S(C)(=O)=O)CC6)cn5)cc34)c2CO)c(F)c1. The molecule has 10 nitrogen and oxygen atoms in total. The fourth-order valence-corrected chi connectivity index (χ4v) is 6.95. The smallest absolute Gasteiger partial charge is 0.259 e. The molecular formula is C35H37FN6O4S. The van der Waals surface area contributed by atoms with Crippen molar-refractivity contribution in [2.75, 3.05) is 24.7 Å². The molecule has 0 unspecified atom stereocenters. The topological polar surface area (TPSA) is 141 Å². The molecule has 0 atom stereocenters. The van der Waals surface area contributed by atoms with Gasteiger partial charge in [0.05, 0.1) is 29.8 Å². The van der Waals surface area contributed by atoms with Gasteiger partial charge in [-0.15, -0.1) is 0 Å². The molecule has 0 radical (unpaired) electrons. The number of amides is 1. The van der Waals surface area contributed by atoms with Crippen molar-refractivity contribution in [2.24, 2.45) is 0 Å². The van der Waals surface area contributed by atoms with Gasteiger partial charge in [0.2, 0.25) is 10.0 Å². The Morgan fingerprint density at radius 2 is 1.74 bits per heavy atom. The summed E-state index contributed by atoms with van der Waals surface area (Å²) in [6.45, 7) is 6.49. The van der Waals surface area contributed by atoms with Gasteiger partial charge in [-0.25, -0.2) is 27.1 Å². The molecule has 3 N–H and O–H groups in total. The maximum absolute atomic E-state index is 15.0. The molecular weight excluding hydrogens is 619 g/mol. The van der Waals surface area contributed by atoms with Gasteiger partial charge in [-0.05, 0) is 82.8 Å². The average Bonchev–Trinajstić information content (AvgIpc) is 3.49. The van der Waals surface area contributed by atoms with E-state index in [9.17, 15) is 22.7 Å². The molecule has 5 heterocycles. The van der Waals surface area contributed by atoms with E-state index in [1.165, 1.54) is 28.9 Å². The molecule has 1 saturated heterocycles. The van der Waals surface area contributed by atoms with E-state index in [-0.39, 0.29) is 22.7 Å². The second-order valence-corrected chi connectivity index (χ2v) is 14.9. The van der Waals surface area contributed by atoms with Crippen molar-refractivity contribution < 1.29 is 22.7 Å². The highest BCUT2D eigenvalue weighted by Crippen LogP contribution is 2.36. The van der Waals surface area contributed by atoms with E-state index in [0.29, 0.717) is 29.9 Å². The van der Waals surface area contributed by atoms with Gasteiger partial charge in [-0.2, -0.15) is 0 Å². The predicted molar refractivity (Wildman–Crippen MR) is 180 cm³/mol. The lowest BCUT2D eigenvalue weighted by atomic mass is 9.86. The minimum Gasteiger partial charge on any atom is -0.392 e. The summed E-state index contributed by atoms with van der Waals surface area (Å²) in [6.07, 6.45) is 7.77. The maximum Gasteiger partial charge on any atom is 0.259 e. The number of rotatable bonds is 7. The molecule has 47 heavy (non-hydrogen) atoms. The largest absolute Gasteiger partial charge is 0.392 e. The number of nitrogens with one attached hydrogen (secondary N) is 2. The number of benzene rings is 1. The summed E-state index contributed by atoms with van der Waals surface area (Å²) in [5, 5.41) is 13.9. The van der Waals surface area contributed by atoms with Crippen LogP contribution < -0.4 is 5.32 Å². The number of piperidine rings is 1. The number of hydrogen-bond donors (Lipinski definition) is 3. The first-order valence-electron chi connectivity index (χ1n) is 15.4. The van der Waals surface area contributed by atoms with Crippen molar-refractivity contribution in [3.63, 3.8) is 0 Å². The van der Waals surface area contributed by atoms with Crippen molar-refractivity contribution >= 4 is 32.8 Å². The van der Waals surface area contributed by atoms with Gasteiger partial charge in [0.25, 0.3) is 5.91 Å². The first-order chi connectivity index (χ1) is 22.3. The highest BCUT2D eigenvalue weighted by Gasteiger charge is 2.26. The lowest BCUT2D eigenvalue weighted by Gasteiger charge is -2.30.